The van der Waals surface area contributed by atoms with Gasteiger partial charge in [0.1, 0.15) is 5.75 Å². The standard InChI is InChI=1S/C19H24O3/c1-13(2)7-5-8-14(3)11-12-19(21)18(20)17-15(4)9-6-10-16(17)22-19/h6-7,9-11,21H,5,8,12H2,1-4H3/b14-11+/t19-/m0/s1. The van der Waals surface area contributed by atoms with Crippen molar-refractivity contribution < 1.29 is 14.6 Å². The van der Waals surface area contributed by atoms with Gasteiger partial charge < -0.3 is 9.84 Å². The van der Waals surface area contributed by atoms with Gasteiger partial charge in [0.15, 0.2) is 0 Å². The molecule has 118 valence electrons. The van der Waals surface area contributed by atoms with E-state index in [1.807, 2.05) is 32.1 Å². The third-order valence-electron chi connectivity index (χ3n) is 3.91. The molecule has 0 unspecified atom stereocenters. The first-order chi connectivity index (χ1) is 10.3. The van der Waals surface area contributed by atoms with E-state index < -0.39 is 5.79 Å². The summed E-state index contributed by atoms with van der Waals surface area (Å²) in [6.45, 7) is 8.02. The van der Waals surface area contributed by atoms with E-state index in [1.165, 1.54) is 5.57 Å². The number of ketones is 1. The van der Waals surface area contributed by atoms with Crippen molar-refractivity contribution in [2.45, 2.75) is 52.7 Å². The lowest BCUT2D eigenvalue weighted by atomic mass is 9.98. The Kier molecular flexibility index (Phi) is 4.87. The van der Waals surface area contributed by atoms with Gasteiger partial charge in [-0.05, 0) is 52.2 Å². The Hall–Kier alpha value is -1.87. The van der Waals surface area contributed by atoms with Crippen LogP contribution in [0.5, 0.6) is 5.75 Å². The fourth-order valence-electron chi connectivity index (χ4n) is 2.58. The van der Waals surface area contributed by atoms with E-state index in [2.05, 4.69) is 19.9 Å². The van der Waals surface area contributed by atoms with E-state index in [4.69, 9.17) is 4.74 Å². The largest absolute Gasteiger partial charge is 0.453 e. The topological polar surface area (TPSA) is 46.5 Å². The predicted octanol–water partition coefficient (Wildman–Crippen LogP) is 4.34. The molecule has 1 aromatic carbocycles. The molecule has 1 aromatic rings. The van der Waals surface area contributed by atoms with E-state index in [9.17, 15) is 9.90 Å². The minimum absolute atomic E-state index is 0.181. The van der Waals surface area contributed by atoms with Gasteiger partial charge in [-0.15, -0.1) is 0 Å². The van der Waals surface area contributed by atoms with Crippen LogP contribution in [0.1, 0.15) is 56.0 Å². The molecule has 1 aliphatic heterocycles. The number of hydrogen-bond acceptors (Lipinski definition) is 3. The highest BCUT2D eigenvalue weighted by atomic mass is 16.6. The van der Waals surface area contributed by atoms with Gasteiger partial charge in [0, 0.05) is 6.42 Å². The normalized spacial score (nSPS) is 20.6. The Morgan fingerprint density at radius 3 is 2.64 bits per heavy atom. The smallest absolute Gasteiger partial charge is 0.276 e. The van der Waals surface area contributed by atoms with Gasteiger partial charge in [0.25, 0.3) is 5.79 Å². The van der Waals surface area contributed by atoms with Crippen molar-refractivity contribution in [3.8, 4) is 5.75 Å². The fourth-order valence-corrected chi connectivity index (χ4v) is 2.58. The molecule has 0 aromatic heterocycles. The number of benzene rings is 1. The summed E-state index contributed by atoms with van der Waals surface area (Å²) in [6, 6.07) is 5.41. The first-order valence-corrected chi connectivity index (χ1v) is 7.68. The zero-order valence-electron chi connectivity index (χ0n) is 13.8. The molecule has 1 atom stereocenters. The van der Waals surface area contributed by atoms with Crippen molar-refractivity contribution in [3.05, 3.63) is 52.6 Å². The molecule has 3 nitrogen and oxygen atoms in total. The molecule has 1 heterocycles. The van der Waals surface area contributed by atoms with Gasteiger partial charge in [0.2, 0.25) is 5.78 Å². The third kappa shape index (κ3) is 3.47. The number of aryl methyl sites for hydroxylation is 1. The Labute approximate surface area is 132 Å². The number of hydrogen-bond donors (Lipinski definition) is 1. The van der Waals surface area contributed by atoms with Gasteiger partial charge in [0.05, 0.1) is 5.56 Å². The molecule has 2 rings (SSSR count). The molecule has 3 heteroatoms. The minimum Gasteiger partial charge on any atom is -0.453 e. The second-order valence-electron chi connectivity index (χ2n) is 6.24. The highest BCUT2D eigenvalue weighted by Crippen LogP contribution is 2.37. The summed E-state index contributed by atoms with van der Waals surface area (Å²) in [5, 5.41) is 10.5. The summed E-state index contributed by atoms with van der Waals surface area (Å²) in [5.41, 5.74) is 3.78. The molecule has 0 spiro atoms. The highest BCUT2D eigenvalue weighted by molar-refractivity contribution is 6.07. The molecule has 0 aliphatic carbocycles. The monoisotopic (exact) mass is 300 g/mol. The quantitative estimate of drug-likeness (QED) is 0.823. The van der Waals surface area contributed by atoms with Crippen molar-refractivity contribution >= 4 is 5.78 Å². The van der Waals surface area contributed by atoms with E-state index >= 15 is 0 Å². The van der Waals surface area contributed by atoms with Crippen molar-refractivity contribution in [1.82, 2.24) is 0 Å². The van der Waals surface area contributed by atoms with Crippen molar-refractivity contribution in [3.63, 3.8) is 0 Å². The predicted molar refractivity (Wildman–Crippen MR) is 88.1 cm³/mol. The zero-order valence-corrected chi connectivity index (χ0v) is 13.8. The number of aliphatic hydroxyl groups is 1. The van der Waals surface area contributed by atoms with Gasteiger partial charge in [-0.25, -0.2) is 0 Å². The van der Waals surface area contributed by atoms with Gasteiger partial charge in [-0.2, -0.15) is 0 Å². The van der Waals surface area contributed by atoms with Gasteiger partial charge in [-0.3, -0.25) is 4.79 Å². The second kappa shape index (κ2) is 6.49. The summed E-state index contributed by atoms with van der Waals surface area (Å²) in [7, 11) is 0. The lowest BCUT2D eigenvalue weighted by molar-refractivity contribution is -0.0871. The van der Waals surface area contributed by atoms with Crippen molar-refractivity contribution in [2.75, 3.05) is 0 Å². The van der Waals surface area contributed by atoms with Crippen LogP contribution in [0.15, 0.2) is 41.5 Å². The lowest BCUT2D eigenvalue weighted by Gasteiger charge is -2.19. The Morgan fingerprint density at radius 2 is 2.00 bits per heavy atom. The summed E-state index contributed by atoms with van der Waals surface area (Å²) < 4.78 is 5.53. The van der Waals surface area contributed by atoms with Crippen LogP contribution in [0.2, 0.25) is 0 Å². The lowest BCUT2D eigenvalue weighted by Crippen LogP contribution is -2.39. The first-order valence-electron chi connectivity index (χ1n) is 7.68. The first kappa shape index (κ1) is 16.5. The average molecular weight is 300 g/mol. The second-order valence-corrected chi connectivity index (χ2v) is 6.24. The minimum atomic E-state index is -1.76. The number of fused-ring (bicyclic) bond motifs is 1. The maximum absolute atomic E-state index is 12.4. The Balaban J connectivity index is 2.06. The van der Waals surface area contributed by atoms with E-state index in [1.54, 1.807) is 6.07 Å². The van der Waals surface area contributed by atoms with Crippen molar-refractivity contribution in [1.29, 1.82) is 0 Å². The molecule has 0 bridgehead atoms. The highest BCUT2D eigenvalue weighted by Gasteiger charge is 2.46. The molecule has 0 saturated heterocycles. The molecule has 0 radical (unpaired) electrons. The van der Waals surface area contributed by atoms with E-state index in [0.717, 1.165) is 24.0 Å². The number of Topliss-reactive ketones (excluding diaryl/α,β-unsaturated/α-hetero) is 1. The average Bonchev–Trinajstić information content (AvgIpc) is 2.70. The molecule has 1 aliphatic rings. The molecule has 1 N–H and O–H groups in total. The molecule has 0 saturated carbocycles. The van der Waals surface area contributed by atoms with Crippen LogP contribution in [0.4, 0.5) is 0 Å². The third-order valence-corrected chi connectivity index (χ3v) is 3.91. The van der Waals surface area contributed by atoms with Crippen LogP contribution in [-0.4, -0.2) is 16.7 Å². The van der Waals surface area contributed by atoms with Crippen LogP contribution in [0.25, 0.3) is 0 Å². The summed E-state index contributed by atoms with van der Waals surface area (Å²) in [4.78, 5) is 12.4. The molecule has 0 amide bonds. The van der Waals surface area contributed by atoms with E-state index in [-0.39, 0.29) is 12.2 Å². The number of allylic oxidation sites excluding steroid dienone is 3. The Bertz CT molecular complexity index is 636. The molecular formula is C19H24O3. The van der Waals surface area contributed by atoms with Crippen LogP contribution in [-0.2, 0) is 0 Å². The molecule has 22 heavy (non-hydrogen) atoms. The molecule has 0 fully saturated rings. The number of carbonyl (C=O) groups is 1. The van der Waals surface area contributed by atoms with Gasteiger partial charge >= 0.3 is 0 Å². The SMILES string of the molecule is CC(C)=CCC/C(C)=C/C[C@]1(O)Oc2cccc(C)c2C1=O. The molecular weight excluding hydrogens is 276 g/mol. The van der Waals surface area contributed by atoms with Crippen LogP contribution < -0.4 is 4.74 Å². The number of ether oxygens (including phenoxy) is 1. The van der Waals surface area contributed by atoms with Crippen LogP contribution in [0.3, 0.4) is 0 Å². The van der Waals surface area contributed by atoms with E-state index in [0.29, 0.717) is 11.3 Å². The van der Waals surface area contributed by atoms with Crippen molar-refractivity contribution in [2.24, 2.45) is 0 Å². The summed E-state index contributed by atoms with van der Waals surface area (Å²) in [5.74, 6) is -1.62. The summed E-state index contributed by atoms with van der Waals surface area (Å²) in [6.07, 6.45) is 6.15. The van der Waals surface area contributed by atoms with Gasteiger partial charge in [-0.1, -0.05) is 35.4 Å². The zero-order chi connectivity index (χ0) is 16.3. The van der Waals surface area contributed by atoms with Crippen LogP contribution >= 0.6 is 0 Å². The maximum Gasteiger partial charge on any atom is 0.276 e. The number of rotatable bonds is 5. The van der Waals surface area contributed by atoms with Crippen LogP contribution in [0, 0.1) is 6.92 Å². The number of carbonyl (C=O) groups excluding carboxylic acids is 1. The maximum atomic E-state index is 12.4. The Morgan fingerprint density at radius 1 is 1.27 bits per heavy atom. The fraction of sp³-hybridized carbons (Fsp3) is 0.421. The summed E-state index contributed by atoms with van der Waals surface area (Å²) >= 11 is 0.